The van der Waals surface area contributed by atoms with Crippen LogP contribution in [0, 0.1) is 6.92 Å². The molecule has 2 rings (SSSR count). The highest BCUT2D eigenvalue weighted by Gasteiger charge is 2.07. The van der Waals surface area contributed by atoms with E-state index in [0.717, 1.165) is 30.0 Å². The average Bonchev–Trinajstić information content (AvgIpc) is 2.51. The fourth-order valence-corrected chi connectivity index (χ4v) is 1.97. The zero-order valence-corrected chi connectivity index (χ0v) is 12.3. The molecule has 4 nitrogen and oxygen atoms in total. The van der Waals surface area contributed by atoms with Gasteiger partial charge in [-0.3, -0.25) is 4.98 Å². The molecule has 0 bridgehead atoms. The van der Waals surface area contributed by atoms with Crippen LogP contribution in [0.25, 0.3) is 0 Å². The van der Waals surface area contributed by atoms with Gasteiger partial charge in [-0.15, -0.1) is 0 Å². The van der Waals surface area contributed by atoms with Crippen molar-refractivity contribution in [2.75, 3.05) is 13.7 Å². The summed E-state index contributed by atoms with van der Waals surface area (Å²) in [6.07, 6.45) is 1.57. The highest BCUT2D eigenvalue weighted by molar-refractivity contribution is 5.89. The van der Waals surface area contributed by atoms with E-state index in [4.69, 9.17) is 9.47 Å². The molecule has 1 heterocycles. The molecule has 0 atom stereocenters. The Morgan fingerprint density at radius 3 is 2.57 bits per heavy atom. The summed E-state index contributed by atoms with van der Waals surface area (Å²) < 4.78 is 10.3. The van der Waals surface area contributed by atoms with E-state index in [1.807, 2.05) is 25.1 Å². The van der Waals surface area contributed by atoms with Crippen LogP contribution >= 0.6 is 0 Å². The maximum atomic E-state index is 11.8. The molecule has 0 saturated carbocycles. The molecule has 0 fully saturated rings. The number of carbonyl (C=O) groups is 1. The third-order valence-electron chi connectivity index (χ3n) is 3.08. The monoisotopic (exact) mass is 285 g/mol. The number of methoxy groups -OCH3 is 1. The highest BCUT2D eigenvalue weighted by atomic mass is 16.5. The number of pyridine rings is 1. The number of carbonyl (C=O) groups excluding carboxylic acids is 1. The summed E-state index contributed by atoms with van der Waals surface area (Å²) in [7, 11) is 1.59. The van der Waals surface area contributed by atoms with Crippen LogP contribution in [-0.4, -0.2) is 24.7 Å². The molecule has 21 heavy (non-hydrogen) atoms. The number of ether oxygens (including phenoxy) is 2. The lowest BCUT2D eigenvalue weighted by atomic mass is 10.2. The van der Waals surface area contributed by atoms with Gasteiger partial charge in [0.2, 0.25) is 0 Å². The molecular weight excluding hydrogens is 266 g/mol. The first kappa shape index (κ1) is 15.0. The minimum atomic E-state index is -0.310. The SMILES string of the molecule is COc1ccc(C(=O)OCCCc2cccc(C)n2)cc1. The number of rotatable bonds is 6. The van der Waals surface area contributed by atoms with Gasteiger partial charge in [-0.25, -0.2) is 4.79 Å². The van der Waals surface area contributed by atoms with E-state index in [9.17, 15) is 4.79 Å². The molecule has 0 unspecified atom stereocenters. The molecule has 110 valence electrons. The van der Waals surface area contributed by atoms with Crippen molar-refractivity contribution < 1.29 is 14.3 Å². The van der Waals surface area contributed by atoms with Gasteiger partial charge in [-0.05, 0) is 56.2 Å². The lowest BCUT2D eigenvalue weighted by molar-refractivity contribution is 0.0500. The van der Waals surface area contributed by atoms with Gasteiger partial charge in [-0.2, -0.15) is 0 Å². The van der Waals surface area contributed by atoms with Gasteiger partial charge in [0.15, 0.2) is 0 Å². The van der Waals surface area contributed by atoms with Crippen LogP contribution in [-0.2, 0) is 11.2 Å². The van der Waals surface area contributed by atoms with E-state index in [-0.39, 0.29) is 5.97 Å². The largest absolute Gasteiger partial charge is 0.497 e. The Labute approximate surface area is 124 Å². The van der Waals surface area contributed by atoms with Crippen molar-refractivity contribution in [3.63, 3.8) is 0 Å². The standard InChI is InChI=1S/C17H19NO3/c1-13-5-3-6-15(18-13)7-4-12-21-17(19)14-8-10-16(20-2)11-9-14/h3,5-6,8-11H,4,7,12H2,1-2H3. The fourth-order valence-electron chi connectivity index (χ4n) is 1.97. The van der Waals surface area contributed by atoms with Crippen LogP contribution < -0.4 is 4.74 Å². The molecule has 0 aliphatic carbocycles. The number of esters is 1. The van der Waals surface area contributed by atoms with Crippen LogP contribution in [0.3, 0.4) is 0 Å². The van der Waals surface area contributed by atoms with Crippen LogP contribution in [0.2, 0.25) is 0 Å². The van der Waals surface area contributed by atoms with Crippen molar-refractivity contribution in [3.05, 3.63) is 59.4 Å². The van der Waals surface area contributed by atoms with Crippen molar-refractivity contribution in [1.29, 1.82) is 0 Å². The summed E-state index contributed by atoms with van der Waals surface area (Å²) in [6, 6.07) is 12.8. The maximum absolute atomic E-state index is 11.8. The predicted octanol–water partition coefficient (Wildman–Crippen LogP) is 3.19. The second-order valence-corrected chi connectivity index (χ2v) is 4.74. The van der Waals surface area contributed by atoms with Crippen LogP contribution in [0.1, 0.15) is 28.2 Å². The molecular formula is C17H19NO3. The normalized spacial score (nSPS) is 10.2. The molecule has 0 aliphatic rings. The number of aromatic nitrogens is 1. The molecule has 1 aromatic carbocycles. The number of hydrogen-bond donors (Lipinski definition) is 0. The van der Waals surface area contributed by atoms with Gasteiger partial charge in [0, 0.05) is 11.4 Å². The van der Waals surface area contributed by atoms with E-state index >= 15 is 0 Å². The third-order valence-corrected chi connectivity index (χ3v) is 3.08. The fraction of sp³-hybridized carbons (Fsp3) is 0.294. The Bertz CT molecular complexity index is 593. The minimum absolute atomic E-state index is 0.310. The molecule has 4 heteroatoms. The predicted molar refractivity (Wildman–Crippen MR) is 80.6 cm³/mol. The molecule has 0 N–H and O–H groups in total. The number of aryl methyl sites for hydroxylation is 2. The number of hydrogen-bond acceptors (Lipinski definition) is 4. The summed E-state index contributed by atoms with van der Waals surface area (Å²) in [5.41, 5.74) is 2.56. The quantitative estimate of drug-likeness (QED) is 0.604. The van der Waals surface area contributed by atoms with Crippen molar-refractivity contribution in [2.45, 2.75) is 19.8 Å². The molecule has 2 aromatic rings. The van der Waals surface area contributed by atoms with Gasteiger partial charge >= 0.3 is 5.97 Å². The van der Waals surface area contributed by atoms with Crippen molar-refractivity contribution in [2.24, 2.45) is 0 Å². The lowest BCUT2D eigenvalue weighted by Crippen LogP contribution is -2.07. The molecule has 1 aromatic heterocycles. The zero-order valence-electron chi connectivity index (χ0n) is 12.3. The smallest absolute Gasteiger partial charge is 0.338 e. The van der Waals surface area contributed by atoms with Crippen molar-refractivity contribution in [1.82, 2.24) is 4.98 Å². The van der Waals surface area contributed by atoms with Gasteiger partial charge in [0.05, 0.1) is 19.3 Å². The Kier molecular flexibility index (Phi) is 5.32. The first-order valence-electron chi connectivity index (χ1n) is 6.93. The topological polar surface area (TPSA) is 48.4 Å². The Morgan fingerprint density at radius 1 is 1.14 bits per heavy atom. The molecule has 0 radical (unpaired) electrons. The highest BCUT2D eigenvalue weighted by Crippen LogP contribution is 2.12. The Balaban J connectivity index is 1.76. The molecule has 0 spiro atoms. The van der Waals surface area contributed by atoms with E-state index in [2.05, 4.69) is 4.98 Å². The van der Waals surface area contributed by atoms with E-state index in [0.29, 0.717) is 12.2 Å². The van der Waals surface area contributed by atoms with Gasteiger partial charge in [0.1, 0.15) is 5.75 Å². The maximum Gasteiger partial charge on any atom is 0.338 e. The van der Waals surface area contributed by atoms with E-state index in [1.165, 1.54) is 0 Å². The van der Waals surface area contributed by atoms with Gasteiger partial charge < -0.3 is 9.47 Å². The van der Waals surface area contributed by atoms with Crippen LogP contribution in [0.4, 0.5) is 0 Å². The van der Waals surface area contributed by atoms with E-state index < -0.39 is 0 Å². The summed E-state index contributed by atoms with van der Waals surface area (Å²) >= 11 is 0. The second-order valence-electron chi connectivity index (χ2n) is 4.74. The summed E-state index contributed by atoms with van der Waals surface area (Å²) in [6.45, 7) is 2.35. The molecule has 0 amide bonds. The molecule has 0 saturated heterocycles. The Morgan fingerprint density at radius 2 is 1.90 bits per heavy atom. The lowest BCUT2D eigenvalue weighted by Gasteiger charge is -2.06. The number of nitrogens with zero attached hydrogens (tertiary/aromatic N) is 1. The van der Waals surface area contributed by atoms with Gasteiger partial charge in [0.25, 0.3) is 0 Å². The number of benzene rings is 1. The second kappa shape index (κ2) is 7.43. The van der Waals surface area contributed by atoms with Crippen LogP contribution in [0.15, 0.2) is 42.5 Å². The summed E-state index contributed by atoms with van der Waals surface area (Å²) in [5.74, 6) is 0.409. The van der Waals surface area contributed by atoms with Crippen molar-refractivity contribution >= 4 is 5.97 Å². The molecule has 0 aliphatic heterocycles. The minimum Gasteiger partial charge on any atom is -0.497 e. The third kappa shape index (κ3) is 4.60. The first-order chi connectivity index (χ1) is 10.2. The zero-order chi connectivity index (χ0) is 15.1. The summed E-state index contributed by atoms with van der Waals surface area (Å²) in [5, 5.41) is 0. The van der Waals surface area contributed by atoms with Crippen LogP contribution in [0.5, 0.6) is 5.75 Å². The van der Waals surface area contributed by atoms with Gasteiger partial charge in [-0.1, -0.05) is 6.07 Å². The van der Waals surface area contributed by atoms with E-state index in [1.54, 1.807) is 31.4 Å². The van der Waals surface area contributed by atoms with Crippen molar-refractivity contribution in [3.8, 4) is 5.75 Å². The first-order valence-corrected chi connectivity index (χ1v) is 6.93. The Hall–Kier alpha value is -2.36. The average molecular weight is 285 g/mol. The summed E-state index contributed by atoms with van der Waals surface area (Å²) in [4.78, 5) is 16.2.